The number of fused-ring (bicyclic) bond motifs is 4. The van der Waals surface area contributed by atoms with Crippen LogP contribution in [0.4, 0.5) is 5.69 Å². The number of ketones is 1. The highest BCUT2D eigenvalue weighted by Gasteiger charge is 2.75. The van der Waals surface area contributed by atoms with Gasteiger partial charge in [0.15, 0.2) is 27.0 Å². The summed E-state index contributed by atoms with van der Waals surface area (Å²) in [6.07, 6.45) is 5.23. The van der Waals surface area contributed by atoms with Gasteiger partial charge >= 0.3 is 0 Å². The van der Waals surface area contributed by atoms with Crippen molar-refractivity contribution in [3.05, 3.63) is 101 Å². The first-order valence-electron chi connectivity index (χ1n) is 16.0. The number of aromatic hydroxyl groups is 1. The molecule has 7 rings (SSSR count). The van der Waals surface area contributed by atoms with Crippen LogP contribution in [0.25, 0.3) is 6.08 Å². The lowest BCUT2D eigenvalue weighted by Gasteiger charge is -2.49. The van der Waals surface area contributed by atoms with Crippen LogP contribution in [-0.2, 0) is 19.2 Å². The summed E-state index contributed by atoms with van der Waals surface area (Å²) >= 11 is 14.4. The minimum Gasteiger partial charge on any atom is -0.502 e. The number of benzene rings is 3. The molecule has 0 spiro atoms. The van der Waals surface area contributed by atoms with Crippen LogP contribution < -0.4 is 14.4 Å². The molecule has 1 N–H and O–H groups in total. The van der Waals surface area contributed by atoms with Gasteiger partial charge in [-0.05, 0) is 60.7 Å². The highest BCUT2D eigenvalue weighted by molar-refractivity contribution is 6.53. The lowest BCUT2D eigenvalue weighted by molar-refractivity contribution is -0.138. The van der Waals surface area contributed by atoms with Gasteiger partial charge in [0.05, 0.1) is 31.7 Å². The maximum absolute atomic E-state index is 14.3. The summed E-state index contributed by atoms with van der Waals surface area (Å²) in [5.74, 6) is -5.54. The van der Waals surface area contributed by atoms with E-state index in [9.17, 15) is 29.1 Å². The molecule has 1 saturated carbocycles. The van der Waals surface area contributed by atoms with Crippen molar-refractivity contribution in [3.8, 4) is 17.2 Å². The molecule has 6 unspecified atom stereocenters. The van der Waals surface area contributed by atoms with Crippen molar-refractivity contribution in [2.75, 3.05) is 26.2 Å². The average molecular weight is 716 g/mol. The van der Waals surface area contributed by atoms with E-state index < -0.39 is 57.0 Å². The number of imide groups is 2. The summed E-state index contributed by atoms with van der Waals surface area (Å²) in [6, 6.07) is 18.2. The van der Waals surface area contributed by atoms with Crippen LogP contribution in [0.2, 0.25) is 0 Å². The summed E-state index contributed by atoms with van der Waals surface area (Å²) in [5, 5.41) is 10.4. The van der Waals surface area contributed by atoms with E-state index in [1.54, 1.807) is 72.8 Å². The Kier molecular flexibility index (Phi) is 8.15. The number of phenols is 1. The van der Waals surface area contributed by atoms with Gasteiger partial charge in [-0.2, -0.15) is 0 Å². The molecule has 3 fully saturated rings. The SMILES string of the molecule is COc1cc(C=CC2C3=CCC4C(=O)N(c5ccc(C(=O)c6ccccc6)cc5)C(=O)C4C3CC3(Cl)C(=O)N(C)C(=O)C23Cl)cc(OC)c1O. The first kappa shape index (κ1) is 33.6. The fraction of sp³-hybridized carbons (Fsp3) is 0.289. The van der Waals surface area contributed by atoms with Crippen molar-refractivity contribution in [3.63, 3.8) is 0 Å². The Morgan fingerprint density at radius 2 is 1.50 bits per heavy atom. The van der Waals surface area contributed by atoms with E-state index in [4.69, 9.17) is 32.7 Å². The standard InChI is InChI=1S/C38H32Cl2N2O8/c1-41-35(47)37(39)19-26-24(27(38(37,40)36(41)48)16-9-20-17-28(49-2)32(44)29(18-20)50-3)14-15-25-30(26)34(46)42(33(25)45)23-12-10-22(11-13-23)31(43)21-7-5-4-6-8-21/h4-14,16-18,25-27,30,44H,15,19H2,1-3H3. The lowest BCUT2D eigenvalue weighted by atomic mass is 9.57. The highest BCUT2D eigenvalue weighted by Crippen LogP contribution is 2.63. The molecule has 3 aromatic rings. The van der Waals surface area contributed by atoms with Gasteiger partial charge in [0, 0.05) is 24.1 Å². The number of phenolic OH excluding ortho intramolecular Hbond substituents is 1. The Morgan fingerprint density at radius 3 is 2.12 bits per heavy atom. The molecule has 256 valence electrons. The monoisotopic (exact) mass is 714 g/mol. The lowest BCUT2D eigenvalue weighted by Crippen LogP contribution is -2.60. The first-order chi connectivity index (χ1) is 23.9. The second-order valence-corrected chi connectivity index (χ2v) is 14.2. The van der Waals surface area contributed by atoms with Crippen molar-refractivity contribution in [2.24, 2.45) is 23.7 Å². The van der Waals surface area contributed by atoms with E-state index in [0.29, 0.717) is 28.0 Å². The minimum absolute atomic E-state index is 0.136. The predicted octanol–water partition coefficient (Wildman–Crippen LogP) is 5.38. The van der Waals surface area contributed by atoms with Crippen LogP contribution in [0.15, 0.2) is 84.5 Å². The molecule has 4 amide bonds. The molecule has 12 heteroatoms. The summed E-state index contributed by atoms with van der Waals surface area (Å²) in [4.78, 5) is 66.9. The van der Waals surface area contributed by atoms with E-state index in [1.807, 2.05) is 12.1 Å². The predicted molar refractivity (Wildman–Crippen MR) is 185 cm³/mol. The molecule has 2 aliphatic heterocycles. The van der Waals surface area contributed by atoms with Crippen LogP contribution in [0.5, 0.6) is 17.2 Å². The molecule has 0 aromatic heterocycles. The number of carbonyl (C=O) groups is 5. The number of methoxy groups -OCH3 is 2. The maximum atomic E-state index is 14.3. The molecule has 2 saturated heterocycles. The number of rotatable bonds is 7. The summed E-state index contributed by atoms with van der Waals surface area (Å²) < 4.78 is 10.6. The Hall–Kier alpha value is -4.93. The first-order valence-corrected chi connectivity index (χ1v) is 16.7. The van der Waals surface area contributed by atoms with Crippen molar-refractivity contribution >= 4 is 64.4 Å². The number of carbonyl (C=O) groups excluding carboxylic acids is 5. The van der Waals surface area contributed by atoms with Crippen molar-refractivity contribution in [1.29, 1.82) is 0 Å². The number of hydrogen-bond donors (Lipinski definition) is 1. The normalized spacial score (nSPS) is 28.8. The number of halogens is 2. The molecule has 0 radical (unpaired) electrons. The zero-order chi connectivity index (χ0) is 35.7. The quantitative estimate of drug-likeness (QED) is 0.150. The molecule has 0 bridgehead atoms. The van der Waals surface area contributed by atoms with Crippen molar-refractivity contribution in [2.45, 2.75) is 22.6 Å². The van der Waals surface area contributed by atoms with Gasteiger partial charge in [-0.1, -0.05) is 54.1 Å². The van der Waals surface area contributed by atoms with Crippen LogP contribution in [-0.4, -0.2) is 70.4 Å². The largest absolute Gasteiger partial charge is 0.502 e. The van der Waals surface area contributed by atoms with Crippen LogP contribution >= 0.6 is 23.2 Å². The highest BCUT2D eigenvalue weighted by atomic mass is 35.5. The van der Waals surface area contributed by atoms with Gasteiger partial charge in [0.1, 0.15) is 0 Å². The second-order valence-electron chi connectivity index (χ2n) is 12.9. The molecular formula is C38H32Cl2N2O8. The summed E-state index contributed by atoms with van der Waals surface area (Å²) in [7, 11) is 4.12. The van der Waals surface area contributed by atoms with Crippen LogP contribution in [0, 0.1) is 23.7 Å². The number of likely N-dealkylation sites (tertiary alicyclic amines) is 1. The maximum Gasteiger partial charge on any atom is 0.253 e. The van der Waals surface area contributed by atoms with Gasteiger partial charge in [0.2, 0.25) is 17.6 Å². The number of anilines is 1. The number of alkyl halides is 2. The van der Waals surface area contributed by atoms with E-state index in [-0.39, 0.29) is 35.9 Å². The van der Waals surface area contributed by atoms with Crippen molar-refractivity contribution < 1.29 is 38.6 Å². The minimum atomic E-state index is -1.93. The third-order valence-electron chi connectivity index (χ3n) is 10.5. The fourth-order valence-corrected chi connectivity index (χ4v) is 8.96. The molecule has 4 aliphatic rings. The van der Waals surface area contributed by atoms with Gasteiger partial charge in [-0.3, -0.25) is 33.8 Å². The van der Waals surface area contributed by atoms with Gasteiger partial charge in [-0.15, -0.1) is 23.2 Å². The average Bonchev–Trinajstić information content (AvgIpc) is 3.46. The van der Waals surface area contributed by atoms with E-state index >= 15 is 0 Å². The topological polar surface area (TPSA) is 131 Å². The van der Waals surface area contributed by atoms with E-state index in [0.717, 1.165) is 9.80 Å². The molecule has 6 atom stereocenters. The van der Waals surface area contributed by atoms with Gasteiger partial charge in [-0.25, -0.2) is 0 Å². The number of allylic oxidation sites excluding steroid dienone is 3. The van der Waals surface area contributed by atoms with Crippen LogP contribution in [0.1, 0.15) is 34.3 Å². The Balaban J connectivity index is 1.26. The molecule has 50 heavy (non-hydrogen) atoms. The molecule has 2 aliphatic carbocycles. The third kappa shape index (κ3) is 4.72. The number of hydrogen-bond acceptors (Lipinski definition) is 8. The third-order valence-corrected chi connectivity index (χ3v) is 11.9. The second kappa shape index (κ2) is 12.1. The molecule has 2 heterocycles. The van der Waals surface area contributed by atoms with Crippen molar-refractivity contribution in [1.82, 2.24) is 4.90 Å². The number of ether oxygens (including phenoxy) is 2. The van der Waals surface area contributed by atoms with Crippen LogP contribution in [0.3, 0.4) is 0 Å². The zero-order valence-corrected chi connectivity index (χ0v) is 28.8. The Labute approximate surface area is 297 Å². The number of nitrogens with zero attached hydrogens (tertiary/aromatic N) is 2. The fourth-order valence-electron chi connectivity index (χ4n) is 7.98. The van der Waals surface area contributed by atoms with E-state index in [1.165, 1.54) is 21.3 Å². The zero-order valence-electron chi connectivity index (χ0n) is 27.3. The molecule has 3 aromatic carbocycles. The molecular weight excluding hydrogens is 683 g/mol. The summed E-state index contributed by atoms with van der Waals surface area (Å²) in [5.41, 5.74) is 2.41. The number of amides is 4. The summed E-state index contributed by atoms with van der Waals surface area (Å²) in [6.45, 7) is 0. The Morgan fingerprint density at radius 1 is 0.880 bits per heavy atom. The van der Waals surface area contributed by atoms with Gasteiger partial charge in [0.25, 0.3) is 11.8 Å². The van der Waals surface area contributed by atoms with Gasteiger partial charge < -0.3 is 14.6 Å². The molecule has 10 nitrogen and oxygen atoms in total. The van der Waals surface area contributed by atoms with E-state index in [2.05, 4.69) is 0 Å². The Bertz CT molecular complexity index is 2000. The smallest absolute Gasteiger partial charge is 0.253 e.